The molecule has 4 rings (SSSR count). The Balaban J connectivity index is 2.05. The fourth-order valence-electron chi connectivity index (χ4n) is 2.30. The third kappa shape index (κ3) is 1.56. The van der Waals surface area contributed by atoms with Gasteiger partial charge in [0.15, 0.2) is 11.5 Å². The minimum absolute atomic E-state index is 0.306. The molecule has 0 aliphatic heterocycles. The molecule has 2 aromatic heterocycles. The van der Waals surface area contributed by atoms with E-state index in [2.05, 4.69) is 15.3 Å². The van der Waals surface area contributed by atoms with E-state index in [0.717, 1.165) is 10.8 Å². The molecule has 0 amide bonds. The van der Waals surface area contributed by atoms with E-state index in [1.807, 2.05) is 24.3 Å². The van der Waals surface area contributed by atoms with E-state index in [1.165, 1.54) is 12.1 Å². The number of benzene rings is 2. The fourth-order valence-corrected chi connectivity index (χ4v) is 2.30. The third-order valence-corrected chi connectivity index (χ3v) is 3.24. The van der Waals surface area contributed by atoms with Crippen molar-refractivity contribution in [2.45, 2.75) is 0 Å². The zero-order valence-corrected chi connectivity index (χ0v) is 10.4. The van der Waals surface area contributed by atoms with Gasteiger partial charge in [0.05, 0.1) is 6.20 Å². The molecule has 2 heterocycles. The first-order chi connectivity index (χ1) is 9.83. The molecule has 4 aromatic rings. The van der Waals surface area contributed by atoms with Crippen molar-refractivity contribution in [1.29, 1.82) is 0 Å². The van der Waals surface area contributed by atoms with Crippen molar-refractivity contribution in [2.24, 2.45) is 0 Å². The molecule has 0 fully saturated rings. The van der Waals surface area contributed by atoms with Gasteiger partial charge in [-0.1, -0.05) is 36.4 Å². The van der Waals surface area contributed by atoms with E-state index in [9.17, 15) is 4.39 Å². The number of hydrogen-bond acceptors (Lipinski definition) is 3. The lowest BCUT2D eigenvalue weighted by Gasteiger charge is -2.01. The highest BCUT2D eigenvalue weighted by Crippen LogP contribution is 2.22. The largest absolute Gasteiger partial charge is 0.207 e. The van der Waals surface area contributed by atoms with Crippen LogP contribution in [-0.2, 0) is 0 Å². The highest BCUT2D eigenvalue weighted by molar-refractivity contribution is 5.93. The van der Waals surface area contributed by atoms with Crippen LogP contribution < -0.4 is 0 Å². The molecular weight excluding hydrogens is 255 g/mol. The van der Waals surface area contributed by atoms with Crippen LogP contribution in [0, 0.1) is 5.82 Å². The predicted molar refractivity (Wildman–Crippen MR) is 73.7 cm³/mol. The Morgan fingerprint density at radius 1 is 0.950 bits per heavy atom. The van der Waals surface area contributed by atoms with Gasteiger partial charge in [-0.25, -0.2) is 4.39 Å². The average Bonchev–Trinajstić information content (AvgIpc) is 2.91. The summed E-state index contributed by atoms with van der Waals surface area (Å²) >= 11 is 0. The van der Waals surface area contributed by atoms with Gasteiger partial charge in [-0.15, -0.1) is 10.2 Å². The summed E-state index contributed by atoms with van der Waals surface area (Å²) < 4.78 is 15.0. The zero-order chi connectivity index (χ0) is 13.5. The maximum absolute atomic E-state index is 13.3. The second-order valence-corrected chi connectivity index (χ2v) is 4.50. The number of rotatable bonds is 1. The molecule has 0 saturated heterocycles. The summed E-state index contributed by atoms with van der Waals surface area (Å²) in [5.41, 5.74) is 1.32. The van der Waals surface area contributed by atoms with Crippen molar-refractivity contribution in [3.63, 3.8) is 0 Å². The second kappa shape index (κ2) is 4.09. The van der Waals surface area contributed by atoms with Crippen LogP contribution in [0.1, 0.15) is 0 Å². The van der Waals surface area contributed by atoms with Crippen molar-refractivity contribution in [1.82, 2.24) is 19.8 Å². The van der Waals surface area contributed by atoms with E-state index in [-0.39, 0.29) is 5.82 Å². The van der Waals surface area contributed by atoms with Crippen LogP contribution in [0.2, 0.25) is 0 Å². The SMILES string of the molecule is Fc1cccc(-c2nnc3c4ccccc4cnn23)c1. The molecule has 96 valence electrons. The van der Waals surface area contributed by atoms with Crippen molar-refractivity contribution in [3.8, 4) is 11.4 Å². The van der Waals surface area contributed by atoms with Gasteiger partial charge in [-0.2, -0.15) is 9.61 Å². The Labute approximate surface area is 113 Å². The van der Waals surface area contributed by atoms with E-state index in [4.69, 9.17) is 0 Å². The van der Waals surface area contributed by atoms with Gasteiger partial charge in [-0.05, 0) is 12.1 Å². The van der Waals surface area contributed by atoms with E-state index >= 15 is 0 Å². The molecule has 4 nitrogen and oxygen atoms in total. The quantitative estimate of drug-likeness (QED) is 0.530. The van der Waals surface area contributed by atoms with Crippen LogP contribution in [0.3, 0.4) is 0 Å². The van der Waals surface area contributed by atoms with Crippen LogP contribution in [0.4, 0.5) is 4.39 Å². The van der Waals surface area contributed by atoms with Gasteiger partial charge in [0.1, 0.15) is 5.82 Å². The lowest BCUT2D eigenvalue weighted by molar-refractivity contribution is 0.628. The van der Waals surface area contributed by atoms with Gasteiger partial charge in [0.2, 0.25) is 0 Å². The molecule has 0 radical (unpaired) electrons. The van der Waals surface area contributed by atoms with Crippen LogP contribution in [-0.4, -0.2) is 19.8 Å². The van der Waals surface area contributed by atoms with Gasteiger partial charge in [-0.3, -0.25) is 0 Å². The van der Waals surface area contributed by atoms with Crippen LogP contribution >= 0.6 is 0 Å². The lowest BCUT2D eigenvalue weighted by Crippen LogP contribution is -1.95. The third-order valence-electron chi connectivity index (χ3n) is 3.24. The monoisotopic (exact) mass is 264 g/mol. The van der Waals surface area contributed by atoms with Crippen molar-refractivity contribution < 1.29 is 4.39 Å². The Morgan fingerprint density at radius 2 is 1.85 bits per heavy atom. The Morgan fingerprint density at radius 3 is 2.75 bits per heavy atom. The standard InChI is InChI=1S/C15H9FN4/c16-12-6-3-5-10(8-12)14-18-19-15-13-7-2-1-4-11(13)9-17-20(14)15/h1-9H. The van der Waals surface area contributed by atoms with Crippen molar-refractivity contribution >= 4 is 16.4 Å². The Hall–Kier alpha value is -2.82. The zero-order valence-electron chi connectivity index (χ0n) is 10.4. The molecule has 5 heteroatoms. The average molecular weight is 264 g/mol. The number of halogens is 1. The minimum atomic E-state index is -0.306. The molecule has 0 spiro atoms. The number of hydrogen-bond donors (Lipinski definition) is 0. The summed E-state index contributed by atoms with van der Waals surface area (Å²) in [6.07, 6.45) is 1.76. The predicted octanol–water partition coefficient (Wildman–Crippen LogP) is 3.08. The van der Waals surface area contributed by atoms with Crippen LogP contribution in [0.25, 0.3) is 27.8 Å². The summed E-state index contributed by atoms with van der Waals surface area (Å²) in [7, 11) is 0. The Kier molecular flexibility index (Phi) is 2.26. The first kappa shape index (κ1) is 11.0. The molecule has 0 unspecified atom stereocenters. The molecule has 0 aliphatic rings. The molecule has 0 atom stereocenters. The normalized spacial score (nSPS) is 11.2. The van der Waals surface area contributed by atoms with E-state index in [1.54, 1.807) is 22.8 Å². The molecule has 0 aliphatic carbocycles. The molecule has 20 heavy (non-hydrogen) atoms. The first-order valence-corrected chi connectivity index (χ1v) is 6.18. The van der Waals surface area contributed by atoms with Gasteiger partial charge < -0.3 is 0 Å². The highest BCUT2D eigenvalue weighted by Gasteiger charge is 2.11. The maximum Gasteiger partial charge on any atom is 0.186 e. The summed E-state index contributed by atoms with van der Waals surface area (Å²) in [6, 6.07) is 14.1. The summed E-state index contributed by atoms with van der Waals surface area (Å²) in [5.74, 6) is 0.227. The minimum Gasteiger partial charge on any atom is -0.207 e. The fraction of sp³-hybridized carbons (Fsp3) is 0. The Bertz CT molecular complexity index is 929. The van der Waals surface area contributed by atoms with Crippen LogP contribution in [0.15, 0.2) is 54.7 Å². The van der Waals surface area contributed by atoms with Gasteiger partial charge in [0, 0.05) is 16.3 Å². The van der Waals surface area contributed by atoms with E-state index in [0.29, 0.717) is 17.0 Å². The van der Waals surface area contributed by atoms with Crippen LogP contribution in [0.5, 0.6) is 0 Å². The second-order valence-electron chi connectivity index (χ2n) is 4.50. The smallest absolute Gasteiger partial charge is 0.186 e. The number of fused-ring (bicyclic) bond motifs is 3. The number of aromatic nitrogens is 4. The first-order valence-electron chi connectivity index (χ1n) is 6.18. The number of nitrogens with zero attached hydrogens (tertiary/aromatic N) is 4. The highest BCUT2D eigenvalue weighted by atomic mass is 19.1. The molecule has 2 aromatic carbocycles. The molecule has 0 bridgehead atoms. The maximum atomic E-state index is 13.3. The van der Waals surface area contributed by atoms with Gasteiger partial charge in [0.25, 0.3) is 0 Å². The molecular formula is C15H9FN4. The van der Waals surface area contributed by atoms with E-state index < -0.39 is 0 Å². The molecule has 0 saturated carbocycles. The van der Waals surface area contributed by atoms with Gasteiger partial charge >= 0.3 is 0 Å². The summed E-state index contributed by atoms with van der Waals surface area (Å²) in [6.45, 7) is 0. The van der Waals surface area contributed by atoms with Crippen molar-refractivity contribution in [3.05, 3.63) is 60.5 Å². The lowest BCUT2D eigenvalue weighted by atomic mass is 10.2. The summed E-state index contributed by atoms with van der Waals surface area (Å²) in [5, 5.41) is 14.6. The summed E-state index contributed by atoms with van der Waals surface area (Å²) in [4.78, 5) is 0. The molecule has 0 N–H and O–H groups in total. The topological polar surface area (TPSA) is 43.1 Å². The van der Waals surface area contributed by atoms with Crippen molar-refractivity contribution in [2.75, 3.05) is 0 Å².